The number of carbonyl (C=O) groups is 1. The minimum atomic E-state index is -0.988. The smallest absolute Gasteiger partial charge is 0.335 e. The molecule has 98 valence electrons. The van der Waals surface area contributed by atoms with Crippen molar-refractivity contribution < 1.29 is 19.4 Å². The summed E-state index contributed by atoms with van der Waals surface area (Å²) in [6.07, 6.45) is 1.99. The van der Waals surface area contributed by atoms with Crippen molar-refractivity contribution in [2.24, 2.45) is 5.92 Å². The number of nitrogen functional groups attached to an aromatic ring is 1. The number of nitrogens with two attached hydrogens (primary N) is 1. The van der Waals surface area contributed by atoms with E-state index in [-0.39, 0.29) is 5.56 Å². The third-order valence-corrected chi connectivity index (χ3v) is 3.07. The van der Waals surface area contributed by atoms with Crippen LogP contribution in [0.1, 0.15) is 23.2 Å². The zero-order valence-electron chi connectivity index (χ0n) is 10.1. The Hall–Kier alpha value is -1.75. The van der Waals surface area contributed by atoms with E-state index in [1.54, 1.807) is 6.07 Å². The molecule has 0 bridgehead atoms. The second kappa shape index (κ2) is 5.73. The van der Waals surface area contributed by atoms with Crippen molar-refractivity contribution in [2.45, 2.75) is 12.8 Å². The van der Waals surface area contributed by atoms with Crippen LogP contribution in [0.25, 0.3) is 0 Å². The first-order chi connectivity index (χ1) is 8.66. The largest absolute Gasteiger partial charge is 0.491 e. The molecule has 0 atom stereocenters. The molecule has 1 fully saturated rings. The van der Waals surface area contributed by atoms with Crippen LogP contribution in [0.4, 0.5) is 5.69 Å². The Balaban J connectivity index is 1.94. The standard InChI is InChI=1S/C13H17NO4/c14-11-7-10(13(15)16)1-2-12(11)18-8-9-3-5-17-6-4-9/h1-2,7,9H,3-6,8,14H2,(H,15,16). The highest BCUT2D eigenvalue weighted by molar-refractivity contribution is 5.89. The molecule has 1 aromatic rings. The van der Waals surface area contributed by atoms with Gasteiger partial charge in [0.1, 0.15) is 5.75 Å². The molecule has 18 heavy (non-hydrogen) atoms. The molecule has 1 saturated heterocycles. The summed E-state index contributed by atoms with van der Waals surface area (Å²) < 4.78 is 10.9. The average molecular weight is 251 g/mol. The molecule has 1 heterocycles. The maximum absolute atomic E-state index is 10.8. The van der Waals surface area contributed by atoms with E-state index in [2.05, 4.69) is 0 Å². The molecule has 0 aromatic heterocycles. The number of anilines is 1. The maximum Gasteiger partial charge on any atom is 0.335 e. The zero-order valence-corrected chi connectivity index (χ0v) is 10.1. The van der Waals surface area contributed by atoms with Crippen LogP contribution in [-0.4, -0.2) is 30.9 Å². The molecule has 0 spiro atoms. The predicted octanol–water partition coefficient (Wildman–Crippen LogP) is 1.77. The molecular formula is C13H17NO4. The number of hydrogen-bond acceptors (Lipinski definition) is 4. The number of carboxylic acid groups (broad SMARTS) is 1. The molecule has 5 heteroatoms. The van der Waals surface area contributed by atoms with Crippen LogP contribution in [0.2, 0.25) is 0 Å². The van der Waals surface area contributed by atoms with Gasteiger partial charge < -0.3 is 20.3 Å². The van der Waals surface area contributed by atoms with Gasteiger partial charge in [0.25, 0.3) is 0 Å². The van der Waals surface area contributed by atoms with Crippen LogP contribution in [0, 0.1) is 5.92 Å². The van der Waals surface area contributed by atoms with Crippen molar-refractivity contribution in [3.63, 3.8) is 0 Å². The molecule has 1 aliphatic heterocycles. The van der Waals surface area contributed by atoms with Gasteiger partial charge in [-0.1, -0.05) is 0 Å². The van der Waals surface area contributed by atoms with Crippen molar-refractivity contribution in [1.82, 2.24) is 0 Å². The number of hydrogen-bond donors (Lipinski definition) is 2. The summed E-state index contributed by atoms with van der Waals surface area (Å²) in [7, 11) is 0. The quantitative estimate of drug-likeness (QED) is 0.797. The number of benzene rings is 1. The lowest BCUT2D eigenvalue weighted by Crippen LogP contribution is -2.21. The summed E-state index contributed by atoms with van der Waals surface area (Å²) in [5.41, 5.74) is 6.30. The zero-order chi connectivity index (χ0) is 13.0. The molecule has 0 unspecified atom stereocenters. The van der Waals surface area contributed by atoms with Crippen LogP contribution in [-0.2, 0) is 4.74 Å². The summed E-state index contributed by atoms with van der Waals surface area (Å²) >= 11 is 0. The molecule has 0 radical (unpaired) electrons. The average Bonchev–Trinajstić information content (AvgIpc) is 2.38. The van der Waals surface area contributed by atoms with Gasteiger partial charge in [0, 0.05) is 13.2 Å². The second-order valence-corrected chi connectivity index (χ2v) is 4.42. The Kier molecular flexibility index (Phi) is 4.04. The first kappa shape index (κ1) is 12.7. The normalized spacial score (nSPS) is 16.4. The molecular weight excluding hydrogens is 234 g/mol. The van der Waals surface area contributed by atoms with Crippen LogP contribution in [0.5, 0.6) is 5.75 Å². The summed E-state index contributed by atoms with van der Waals surface area (Å²) in [5.74, 6) is 0.0430. The number of ether oxygens (including phenoxy) is 2. The van der Waals surface area contributed by atoms with Crippen LogP contribution in [0.15, 0.2) is 18.2 Å². The minimum Gasteiger partial charge on any atom is -0.491 e. The monoisotopic (exact) mass is 251 g/mol. The molecule has 1 aliphatic rings. The van der Waals surface area contributed by atoms with E-state index in [0.29, 0.717) is 24.0 Å². The van der Waals surface area contributed by atoms with Crippen molar-refractivity contribution in [2.75, 3.05) is 25.6 Å². The Morgan fingerprint density at radius 3 is 2.78 bits per heavy atom. The van der Waals surface area contributed by atoms with E-state index in [0.717, 1.165) is 26.1 Å². The molecule has 0 aliphatic carbocycles. The van der Waals surface area contributed by atoms with E-state index < -0.39 is 5.97 Å². The molecule has 5 nitrogen and oxygen atoms in total. The van der Waals surface area contributed by atoms with E-state index in [4.69, 9.17) is 20.3 Å². The van der Waals surface area contributed by atoms with Gasteiger partial charge in [-0.05, 0) is 37.0 Å². The van der Waals surface area contributed by atoms with E-state index in [1.807, 2.05) is 0 Å². The van der Waals surface area contributed by atoms with Crippen molar-refractivity contribution in [3.8, 4) is 5.75 Å². The van der Waals surface area contributed by atoms with Gasteiger partial charge in [-0.3, -0.25) is 0 Å². The highest BCUT2D eigenvalue weighted by atomic mass is 16.5. The summed E-state index contributed by atoms with van der Waals surface area (Å²) in [6, 6.07) is 4.53. The van der Waals surface area contributed by atoms with Gasteiger partial charge in [-0.2, -0.15) is 0 Å². The Morgan fingerprint density at radius 1 is 1.44 bits per heavy atom. The lowest BCUT2D eigenvalue weighted by atomic mass is 10.0. The summed E-state index contributed by atoms with van der Waals surface area (Å²) in [6.45, 7) is 2.16. The molecule has 1 aromatic carbocycles. The van der Waals surface area contributed by atoms with Gasteiger partial charge >= 0.3 is 5.97 Å². The topological polar surface area (TPSA) is 81.8 Å². The number of aromatic carboxylic acids is 1. The third-order valence-electron chi connectivity index (χ3n) is 3.07. The van der Waals surface area contributed by atoms with E-state index in [1.165, 1.54) is 12.1 Å². The lowest BCUT2D eigenvalue weighted by Gasteiger charge is -2.22. The van der Waals surface area contributed by atoms with Gasteiger partial charge in [-0.25, -0.2) is 4.79 Å². The highest BCUT2D eigenvalue weighted by Crippen LogP contribution is 2.24. The highest BCUT2D eigenvalue weighted by Gasteiger charge is 2.15. The predicted molar refractivity (Wildman–Crippen MR) is 66.9 cm³/mol. The second-order valence-electron chi connectivity index (χ2n) is 4.42. The lowest BCUT2D eigenvalue weighted by molar-refractivity contribution is 0.0498. The van der Waals surface area contributed by atoms with Gasteiger partial charge in [0.05, 0.1) is 17.9 Å². The van der Waals surface area contributed by atoms with Gasteiger partial charge in [-0.15, -0.1) is 0 Å². The van der Waals surface area contributed by atoms with Gasteiger partial charge in [0.2, 0.25) is 0 Å². The van der Waals surface area contributed by atoms with Crippen molar-refractivity contribution in [3.05, 3.63) is 23.8 Å². The molecule has 0 saturated carbocycles. The van der Waals surface area contributed by atoms with E-state index in [9.17, 15) is 4.79 Å². The fourth-order valence-electron chi connectivity index (χ4n) is 1.93. The minimum absolute atomic E-state index is 0.172. The molecule has 0 amide bonds. The fraction of sp³-hybridized carbons (Fsp3) is 0.462. The van der Waals surface area contributed by atoms with Gasteiger partial charge in [0.15, 0.2) is 0 Å². The summed E-state index contributed by atoms with van der Waals surface area (Å²) in [4.78, 5) is 10.8. The van der Waals surface area contributed by atoms with E-state index >= 15 is 0 Å². The fourth-order valence-corrected chi connectivity index (χ4v) is 1.93. The molecule has 2 rings (SSSR count). The summed E-state index contributed by atoms with van der Waals surface area (Å²) in [5, 5.41) is 8.82. The third kappa shape index (κ3) is 3.13. The number of rotatable bonds is 4. The van der Waals surface area contributed by atoms with Crippen molar-refractivity contribution >= 4 is 11.7 Å². The van der Waals surface area contributed by atoms with Crippen LogP contribution in [0.3, 0.4) is 0 Å². The first-order valence-corrected chi connectivity index (χ1v) is 6.00. The molecule has 3 N–H and O–H groups in total. The van der Waals surface area contributed by atoms with Crippen LogP contribution < -0.4 is 10.5 Å². The maximum atomic E-state index is 10.8. The van der Waals surface area contributed by atoms with Crippen molar-refractivity contribution in [1.29, 1.82) is 0 Å². The first-order valence-electron chi connectivity index (χ1n) is 6.00. The SMILES string of the molecule is Nc1cc(C(=O)O)ccc1OCC1CCOCC1. The Morgan fingerprint density at radius 2 is 2.17 bits per heavy atom. The Labute approximate surface area is 106 Å². The number of carboxylic acids is 1. The van der Waals surface area contributed by atoms with Crippen LogP contribution >= 0.6 is 0 Å². The Bertz CT molecular complexity index is 427.